The van der Waals surface area contributed by atoms with Gasteiger partial charge in [0.1, 0.15) is 5.82 Å². The van der Waals surface area contributed by atoms with Gasteiger partial charge in [-0.1, -0.05) is 40.0 Å². The molecule has 0 saturated heterocycles. The van der Waals surface area contributed by atoms with Crippen LogP contribution < -0.4 is 5.73 Å². The van der Waals surface area contributed by atoms with Crippen molar-refractivity contribution in [3.05, 3.63) is 21.5 Å². The lowest BCUT2D eigenvalue weighted by atomic mass is 9.86. The molecule has 0 amide bonds. The van der Waals surface area contributed by atoms with Crippen molar-refractivity contribution in [2.24, 2.45) is 5.41 Å². The second-order valence-electron chi connectivity index (χ2n) is 6.43. The summed E-state index contributed by atoms with van der Waals surface area (Å²) >= 11 is 1.98. The fourth-order valence-corrected chi connectivity index (χ4v) is 3.12. The molecule has 0 unspecified atom stereocenters. The number of rotatable bonds is 6. The predicted molar refractivity (Wildman–Crippen MR) is 94.7 cm³/mol. The summed E-state index contributed by atoms with van der Waals surface area (Å²) in [5.41, 5.74) is 7.72. The molecule has 0 saturated carbocycles. The fourth-order valence-electron chi connectivity index (χ4n) is 2.67. The molecule has 0 atom stereocenters. The van der Waals surface area contributed by atoms with E-state index in [-0.39, 0.29) is 11.2 Å². The van der Waals surface area contributed by atoms with E-state index >= 15 is 0 Å². The van der Waals surface area contributed by atoms with Gasteiger partial charge in [-0.2, -0.15) is 0 Å². The van der Waals surface area contributed by atoms with E-state index in [9.17, 15) is 4.39 Å². The van der Waals surface area contributed by atoms with E-state index in [0.29, 0.717) is 9.52 Å². The van der Waals surface area contributed by atoms with Gasteiger partial charge in [-0.05, 0) is 40.5 Å². The highest BCUT2D eigenvalue weighted by Gasteiger charge is 2.21. The molecule has 0 radical (unpaired) electrons. The van der Waals surface area contributed by atoms with Crippen LogP contribution in [0.5, 0.6) is 0 Å². The zero-order valence-corrected chi connectivity index (χ0v) is 15.1. The van der Waals surface area contributed by atoms with E-state index in [1.165, 1.54) is 19.3 Å². The van der Waals surface area contributed by atoms with Gasteiger partial charge in [-0.3, -0.25) is 0 Å². The number of anilines is 1. The van der Waals surface area contributed by atoms with E-state index in [1.54, 1.807) is 12.1 Å². The van der Waals surface area contributed by atoms with Crippen LogP contribution in [-0.4, -0.2) is 9.55 Å². The maximum Gasteiger partial charge on any atom is 0.201 e. The molecule has 0 bridgehead atoms. The standard InChI is InChI=1S/C16H23FIN3/c1-4-5-6-7-16(2,3)10-21-14-8-11(17)12(18)9-13(14)20-15(21)19/h8-9H,4-7,10H2,1-3H3,(H2,19,20). The number of hydrogen-bond acceptors (Lipinski definition) is 2. The summed E-state index contributed by atoms with van der Waals surface area (Å²) in [6.07, 6.45) is 4.81. The quantitative estimate of drug-likeness (QED) is 0.547. The summed E-state index contributed by atoms with van der Waals surface area (Å²) in [6, 6.07) is 3.30. The minimum Gasteiger partial charge on any atom is -0.369 e. The van der Waals surface area contributed by atoms with Crippen LogP contribution in [0.25, 0.3) is 11.0 Å². The Balaban J connectivity index is 2.29. The van der Waals surface area contributed by atoms with E-state index in [2.05, 4.69) is 25.8 Å². The van der Waals surface area contributed by atoms with Crippen LogP contribution >= 0.6 is 22.6 Å². The van der Waals surface area contributed by atoms with Crippen molar-refractivity contribution >= 4 is 39.6 Å². The van der Waals surface area contributed by atoms with Gasteiger partial charge in [0.05, 0.1) is 14.6 Å². The maximum absolute atomic E-state index is 13.8. The molecular formula is C16H23FIN3. The Labute approximate surface area is 139 Å². The zero-order valence-electron chi connectivity index (χ0n) is 12.9. The summed E-state index contributed by atoms with van der Waals surface area (Å²) < 4.78 is 16.4. The summed E-state index contributed by atoms with van der Waals surface area (Å²) in [4.78, 5) is 4.36. The molecule has 3 nitrogen and oxygen atoms in total. The molecule has 0 aliphatic carbocycles. The lowest BCUT2D eigenvalue weighted by molar-refractivity contribution is 0.276. The zero-order chi connectivity index (χ0) is 15.6. The van der Waals surface area contributed by atoms with Crippen LogP contribution in [0.15, 0.2) is 12.1 Å². The summed E-state index contributed by atoms with van der Waals surface area (Å²) in [5, 5.41) is 0. The van der Waals surface area contributed by atoms with Crippen LogP contribution in [0.1, 0.15) is 46.5 Å². The second kappa shape index (κ2) is 6.50. The Morgan fingerprint density at radius 1 is 1.33 bits per heavy atom. The van der Waals surface area contributed by atoms with Gasteiger partial charge in [-0.25, -0.2) is 9.37 Å². The summed E-state index contributed by atoms with van der Waals surface area (Å²) in [7, 11) is 0. The Bertz CT molecular complexity index is 634. The number of imidazole rings is 1. The van der Waals surface area contributed by atoms with Crippen molar-refractivity contribution in [1.82, 2.24) is 9.55 Å². The van der Waals surface area contributed by atoms with Crippen molar-refractivity contribution in [2.45, 2.75) is 53.0 Å². The number of fused-ring (bicyclic) bond motifs is 1. The number of nitrogens with two attached hydrogens (primary N) is 1. The topological polar surface area (TPSA) is 43.8 Å². The first-order valence-corrected chi connectivity index (χ1v) is 8.52. The van der Waals surface area contributed by atoms with E-state index in [1.807, 2.05) is 27.2 Å². The Morgan fingerprint density at radius 2 is 2.05 bits per heavy atom. The first kappa shape index (κ1) is 16.5. The number of aromatic nitrogens is 2. The molecule has 0 aliphatic rings. The molecule has 0 spiro atoms. The van der Waals surface area contributed by atoms with Gasteiger partial charge in [-0.15, -0.1) is 0 Å². The minimum absolute atomic E-state index is 0.121. The first-order chi connectivity index (χ1) is 9.84. The highest BCUT2D eigenvalue weighted by Crippen LogP contribution is 2.30. The third kappa shape index (κ3) is 3.87. The van der Waals surface area contributed by atoms with Crippen LogP contribution in [-0.2, 0) is 6.54 Å². The number of unbranched alkanes of at least 4 members (excludes halogenated alkanes) is 2. The third-order valence-corrected chi connectivity index (χ3v) is 4.69. The molecular weight excluding hydrogens is 380 g/mol. The second-order valence-corrected chi connectivity index (χ2v) is 7.59. The predicted octanol–water partition coefficient (Wildman–Crippen LogP) is 4.97. The molecule has 2 rings (SSSR count). The van der Waals surface area contributed by atoms with Crippen molar-refractivity contribution < 1.29 is 4.39 Å². The minimum atomic E-state index is -0.215. The summed E-state index contributed by atoms with van der Waals surface area (Å²) in [5.74, 6) is 0.253. The molecule has 2 N–H and O–H groups in total. The van der Waals surface area contributed by atoms with Gasteiger partial charge in [0, 0.05) is 12.6 Å². The molecule has 0 aliphatic heterocycles. The highest BCUT2D eigenvalue weighted by molar-refractivity contribution is 14.1. The fraction of sp³-hybridized carbons (Fsp3) is 0.562. The van der Waals surface area contributed by atoms with Gasteiger partial charge in [0.15, 0.2) is 0 Å². The van der Waals surface area contributed by atoms with Crippen LogP contribution in [0.2, 0.25) is 0 Å². The number of hydrogen-bond donors (Lipinski definition) is 1. The molecule has 21 heavy (non-hydrogen) atoms. The van der Waals surface area contributed by atoms with Gasteiger partial charge in [0.2, 0.25) is 5.95 Å². The number of nitrogens with zero attached hydrogens (tertiary/aromatic N) is 2. The van der Waals surface area contributed by atoms with Crippen LogP contribution in [0.3, 0.4) is 0 Å². The van der Waals surface area contributed by atoms with Crippen LogP contribution in [0.4, 0.5) is 10.3 Å². The summed E-state index contributed by atoms with van der Waals surface area (Å²) in [6.45, 7) is 7.44. The lowest BCUT2D eigenvalue weighted by Crippen LogP contribution is -2.21. The lowest BCUT2D eigenvalue weighted by Gasteiger charge is -2.26. The van der Waals surface area contributed by atoms with E-state index in [0.717, 1.165) is 24.0 Å². The molecule has 2 aromatic rings. The molecule has 116 valence electrons. The smallest absolute Gasteiger partial charge is 0.201 e. The Hall–Kier alpha value is -0.850. The molecule has 1 heterocycles. The SMILES string of the molecule is CCCCCC(C)(C)Cn1c(N)nc2cc(I)c(F)cc21. The van der Waals surface area contributed by atoms with Crippen molar-refractivity contribution in [3.8, 4) is 0 Å². The average molecular weight is 403 g/mol. The molecule has 1 aromatic carbocycles. The van der Waals surface area contributed by atoms with E-state index in [4.69, 9.17) is 5.73 Å². The number of nitrogen functional groups attached to an aromatic ring is 1. The number of benzene rings is 1. The number of halogens is 2. The van der Waals surface area contributed by atoms with Crippen molar-refractivity contribution in [1.29, 1.82) is 0 Å². The van der Waals surface area contributed by atoms with Crippen molar-refractivity contribution in [3.63, 3.8) is 0 Å². The van der Waals surface area contributed by atoms with Gasteiger partial charge >= 0.3 is 0 Å². The van der Waals surface area contributed by atoms with Gasteiger partial charge in [0.25, 0.3) is 0 Å². The van der Waals surface area contributed by atoms with Crippen LogP contribution in [0, 0.1) is 14.8 Å². The molecule has 0 fully saturated rings. The molecule has 1 aromatic heterocycles. The van der Waals surface area contributed by atoms with Gasteiger partial charge < -0.3 is 10.3 Å². The third-order valence-electron chi connectivity index (χ3n) is 3.86. The Kier molecular flexibility index (Phi) is 5.11. The normalized spacial score (nSPS) is 12.2. The van der Waals surface area contributed by atoms with Crippen molar-refractivity contribution in [2.75, 3.05) is 5.73 Å². The van der Waals surface area contributed by atoms with E-state index < -0.39 is 0 Å². The average Bonchev–Trinajstić information content (AvgIpc) is 2.66. The maximum atomic E-state index is 13.8. The highest BCUT2D eigenvalue weighted by atomic mass is 127. The largest absolute Gasteiger partial charge is 0.369 e. The monoisotopic (exact) mass is 403 g/mol. The first-order valence-electron chi connectivity index (χ1n) is 7.45. The molecule has 5 heteroatoms. The Morgan fingerprint density at radius 3 is 2.71 bits per heavy atom.